The molecule has 0 radical (unpaired) electrons. The lowest BCUT2D eigenvalue weighted by Gasteiger charge is -2.08. The fourth-order valence-corrected chi connectivity index (χ4v) is 2.37. The van der Waals surface area contributed by atoms with Crippen LogP contribution in [0.2, 0.25) is 0 Å². The van der Waals surface area contributed by atoms with Gasteiger partial charge in [0.15, 0.2) is 6.10 Å². The Morgan fingerprint density at radius 3 is 2.35 bits per heavy atom. The van der Waals surface area contributed by atoms with Crippen LogP contribution >= 0.6 is 0 Å². The molecule has 1 aliphatic heterocycles. The number of amides is 2. The summed E-state index contributed by atoms with van der Waals surface area (Å²) in [6, 6.07) is 17.7. The molecule has 0 aromatic heterocycles. The van der Waals surface area contributed by atoms with Crippen LogP contribution in [0, 0.1) is 0 Å². The molecule has 1 aliphatic rings. The minimum Gasteiger partial charge on any atom is -0.489 e. The summed E-state index contributed by atoms with van der Waals surface area (Å²) in [6.45, 7) is 0.526. The lowest BCUT2D eigenvalue weighted by Crippen LogP contribution is -2.24. The van der Waals surface area contributed by atoms with Gasteiger partial charge in [0.25, 0.3) is 5.91 Å². The molecule has 1 heterocycles. The van der Waals surface area contributed by atoms with Crippen LogP contribution < -0.4 is 10.1 Å². The standard InChI is InChI=1S/C18H17NO4/c20-17-16(23-18(21)19-17)11-8-13-6-9-15(10-7-13)22-12-14-4-2-1-3-5-14/h1-7,9-10,16H,8,11-12H2,(H,19,20,21). The number of hydrogen-bond donors (Lipinski definition) is 1. The maximum absolute atomic E-state index is 11.4. The van der Waals surface area contributed by atoms with E-state index in [9.17, 15) is 9.59 Å². The predicted molar refractivity (Wildman–Crippen MR) is 83.9 cm³/mol. The van der Waals surface area contributed by atoms with Gasteiger partial charge >= 0.3 is 6.09 Å². The van der Waals surface area contributed by atoms with Gasteiger partial charge in [-0.15, -0.1) is 0 Å². The quantitative estimate of drug-likeness (QED) is 0.891. The van der Waals surface area contributed by atoms with Crippen molar-refractivity contribution in [2.75, 3.05) is 0 Å². The number of aryl methyl sites for hydroxylation is 1. The van der Waals surface area contributed by atoms with Crippen LogP contribution in [0.4, 0.5) is 4.79 Å². The molecule has 2 aromatic rings. The molecule has 23 heavy (non-hydrogen) atoms. The normalized spacial score (nSPS) is 16.8. The minimum atomic E-state index is -0.684. The SMILES string of the molecule is O=C1NC(=O)C(CCc2ccc(OCc3ccccc3)cc2)O1. The van der Waals surface area contributed by atoms with Gasteiger partial charge < -0.3 is 9.47 Å². The van der Waals surface area contributed by atoms with E-state index in [0.717, 1.165) is 16.9 Å². The second-order valence-corrected chi connectivity index (χ2v) is 5.34. The van der Waals surface area contributed by atoms with E-state index in [4.69, 9.17) is 9.47 Å². The molecule has 1 saturated heterocycles. The van der Waals surface area contributed by atoms with Crippen molar-refractivity contribution < 1.29 is 19.1 Å². The molecule has 1 atom stereocenters. The first-order chi connectivity index (χ1) is 11.2. The number of rotatable bonds is 6. The predicted octanol–water partition coefficient (Wildman–Crippen LogP) is 2.83. The molecule has 0 bridgehead atoms. The number of benzene rings is 2. The van der Waals surface area contributed by atoms with Gasteiger partial charge in [-0.1, -0.05) is 42.5 Å². The van der Waals surface area contributed by atoms with Gasteiger partial charge in [0.1, 0.15) is 12.4 Å². The molecule has 3 rings (SSSR count). The smallest absolute Gasteiger partial charge is 0.414 e. The van der Waals surface area contributed by atoms with E-state index in [1.807, 2.05) is 54.6 Å². The average Bonchev–Trinajstić information content (AvgIpc) is 2.90. The number of ether oxygens (including phenoxy) is 2. The highest BCUT2D eigenvalue weighted by atomic mass is 16.6. The van der Waals surface area contributed by atoms with Crippen molar-refractivity contribution in [1.29, 1.82) is 0 Å². The highest BCUT2D eigenvalue weighted by molar-refractivity contribution is 5.99. The van der Waals surface area contributed by atoms with E-state index in [2.05, 4.69) is 5.32 Å². The molecular weight excluding hydrogens is 294 g/mol. The largest absolute Gasteiger partial charge is 0.489 e. The van der Waals surface area contributed by atoms with E-state index in [-0.39, 0.29) is 5.91 Å². The van der Waals surface area contributed by atoms with Crippen LogP contribution in [0.1, 0.15) is 17.5 Å². The fraction of sp³-hybridized carbons (Fsp3) is 0.222. The van der Waals surface area contributed by atoms with E-state index in [1.54, 1.807) is 0 Å². The first-order valence-corrected chi connectivity index (χ1v) is 7.48. The van der Waals surface area contributed by atoms with Crippen molar-refractivity contribution in [2.45, 2.75) is 25.6 Å². The van der Waals surface area contributed by atoms with Gasteiger partial charge in [0, 0.05) is 0 Å². The van der Waals surface area contributed by atoms with E-state index < -0.39 is 12.2 Å². The Kier molecular flexibility index (Phi) is 4.57. The number of hydrogen-bond acceptors (Lipinski definition) is 4. The number of carbonyl (C=O) groups is 2. The Morgan fingerprint density at radius 2 is 1.70 bits per heavy atom. The molecule has 0 saturated carbocycles. The maximum Gasteiger partial charge on any atom is 0.414 e. The maximum atomic E-state index is 11.4. The molecule has 5 heteroatoms. The van der Waals surface area contributed by atoms with Gasteiger partial charge in [0.05, 0.1) is 0 Å². The number of cyclic esters (lactones) is 1. The van der Waals surface area contributed by atoms with Crippen LogP contribution in [-0.4, -0.2) is 18.1 Å². The third kappa shape index (κ3) is 4.10. The molecule has 118 valence electrons. The van der Waals surface area contributed by atoms with E-state index >= 15 is 0 Å². The first kappa shape index (κ1) is 15.1. The molecule has 1 unspecified atom stereocenters. The zero-order valence-corrected chi connectivity index (χ0v) is 12.5. The minimum absolute atomic E-state index is 0.363. The summed E-state index contributed by atoms with van der Waals surface area (Å²) in [7, 11) is 0. The first-order valence-electron chi connectivity index (χ1n) is 7.48. The molecule has 2 aromatic carbocycles. The van der Waals surface area contributed by atoms with E-state index in [1.165, 1.54) is 0 Å². The van der Waals surface area contributed by atoms with Gasteiger partial charge in [0.2, 0.25) is 0 Å². The third-order valence-electron chi connectivity index (χ3n) is 3.63. The van der Waals surface area contributed by atoms with Gasteiger partial charge in [-0.05, 0) is 36.1 Å². The average molecular weight is 311 g/mol. The fourth-order valence-electron chi connectivity index (χ4n) is 2.37. The van der Waals surface area contributed by atoms with Crippen LogP contribution in [0.3, 0.4) is 0 Å². The van der Waals surface area contributed by atoms with Crippen molar-refractivity contribution in [3.63, 3.8) is 0 Å². The second kappa shape index (κ2) is 6.96. The summed E-state index contributed by atoms with van der Waals surface area (Å²) in [5, 5.41) is 2.12. The molecule has 5 nitrogen and oxygen atoms in total. The zero-order valence-electron chi connectivity index (χ0n) is 12.5. The van der Waals surface area contributed by atoms with Crippen LogP contribution in [-0.2, 0) is 22.6 Å². The zero-order chi connectivity index (χ0) is 16.1. The Morgan fingerprint density at radius 1 is 0.957 bits per heavy atom. The van der Waals surface area contributed by atoms with Crippen LogP contribution in [0.25, 0.3) is 0 Å². The lowest BCUT2D eigenvalue weighted by atomic mass is 10.1. The van der Waals surface area contributed by atoms with Gasteiger partial charge in [-0.25, -0.2) is 4.79 Å². The van der Waals surface area contributed by atoms with Gasteiger partial charge in [-0.3, -0.25) is 10.1 Å². The second-order valence-electron chi connectivity index (χ2n) is 5.34. The molecule has 1 fully saturated rings. The highest BCUT2D eigenvalue weighted by Crippen LogP contribution is 2.17. The van der Waals surface area contributed by atoms with Crippen molar-refractivity contribution in [3.8, 4) is 5.75 Å². The Labute approximate surface area is 134 Å². The summed E-state index contributed by atoms with van der Waals surface area (Å²) in [4.78, 5) is 22.3. The summed E-state index contributed by atoms with van der Waals surface area (Å²) >= 11 is 0. The Bertz CT molecular complexity index is 682. The van der Waals surface area contributed by atoms with Crippen LogP contribution in [0.5, 0.6) is 5.75 Å². The number of alkyl carbamates (subject to hydrolysis) is 1. The van der Waals surface area contributed by atoms with Gasteiger partial charge in [-0.2, -0.15) is 0 Å². The van der Waals surface area contributed by atoms with Crippen molar-refractivity contribution in [3.05, 3.63) is 65.7 Å². The van der Waals surface area contributed by atoms with Crippen LogP contribution in [0.15, 0.2) is 54.6 Å². The topological polar surface area (TPSA) is 64.6 Å². The van der Waals surface area contributed by atoms with Crippen molar-refractivity contribution in [2.24, 2.45) is 0 Å². The number of carbonyl (C=O) groups excluding carboxylic acids is 2. The Hall–Kier alpha value is -2.82. The molecule has 2 amide bonds. The Balaban J connectivity index is 1.49. The molecular formula is C18H17NO4. The monoisotopic (exact) mass is 311 g/mol. The lowest BCUT2D eigenvalue weighted by molar-refractivity contribution is -0.123. The molecule has 1 N–H and O–H groups in total. The highest BCUT2D eigenvalue weighted by Gasteiger charge is 2.31. The van der Waals surface area contributed by atoms with Crippen molar-refractivity contribution in [1.82, 2.24) is 5.32 Å². The number of imide groups is 1. The number of nitrogens with one attached hydrogen (secondary N) is 1. The molecule has 0 aliphatic carbocycles. The summed E-state index contributed by atoms with van der Waals surface area (Å²) in [5.41, 5.74) is 2.18. The summed E-state index contributed by atoms with van der Waals surface area (Å²) in [5.74, 6) is 0.431. The summed E-state index contributed by atoms with van der Waals surface area (Å²) < 4.78 is 10.6. The van der Waals surface area contributed by atoms with Crippen molar-refractivity contribution >= 4 is 12.0 Å². The summed E-state index contributed by atoms with van der Waals surface area (Å²) in [6.07, 6.45) is -0.215. The van der Waals surface area contributed by atoms with E-state index in [0.29, 0.717) is 19.4 Å². The third-order valence-corrected chi connectivity index (χ3v) is 3.63. The molecule has 0 spiro atoms.